The summed E-state index contributed by atoms with van der Waals surface area (Å²) in [5, 5.41) is 12.0. The predicted molar refractivity (Wildman–Crippen MR) is 60.7 cm³/mol. The van der Waals surface area contributed by atoms with Gasteiger partial charge in [-0.1, -0.05) is 30.3 Å². The summed E-state index contributed by atoms with van der Waals surface area (Å²) in [6, 6.07) is 9.46. The fourth-order valence-electron chi connectivity index (χ4n) is 1.90. The van der Waals surface area contributed by atoms with Crippen LogP contribution < -0.4 is 5.32 Å². The summed E-state index contributed by atoms with van der Waals surface area (Å²) in [5.74, 6) is -0.0161. The highest BCUT2D eigenvalue weighted by Gasteiger charge is 2.27. The van der Waals surface area contributed by atoms with Crippen LogP contribution in [0.3, 0.4) is 0 Å². The molecule has 16 heavy (non-hydrogen) atoms. The summed E-state index contributed by atoms with van der Waals surface area (Å²) in [4.78, 5) is 13.6. The zero-order chi connectivity index (χ0) is 11.4. The van der Waals surface area contributed by atoms with Crippen LogP contribution in [0.5, 0.6) is 0 Å². The van der Waals surface area contributed by atoms with Crippen molar-refractivity contribution in [2.45, 2.75) is 12.6 Å². The third kappa shape index (κ3) is 2.40. The third-order valence-electron chi connectivity index (χ3n) is 2.78. The molecule has 0 saturated carbocycles. The van der Waals surface area contributed by atoms with Gasteiger partial charge in [-0.2, -0.15) is 0 Å². The standard InChI is InChI=1S/C12H16N2O2/c15-9-11-12(16)14(7-6-13-11)8-10-4-2-1-3-5-10/h1-5,11,13,15H,6-9H2. The molecular weight excluding hydrogens is 204 g/mol. The Labute approximate surface area is 94.9 Å². The molecule has 1 atom stereocenters. The van der Waals surface area contributed by atoms with Crippen LogP contribution >= 0.6 is 0 Å². The third-order valence-corrected chi connectivity index (χ3v) is 2.78. The Balaban J connectivity index is 2.02. The van der Waals surface area contributed by atoms with Gasteiger partial charge in [-0.05, 0) is 5.56 Å². The van der Waals surface area contributed by atoms with Crippen molar-refractivity contribution in [2.75, 3.05) is 19.7 Å². The Bertz CT molecular complexity index is 353. The summed E-state index contributed by atoms with van der Waals surface area (Å²) in [7, 11) is 0. The van der Waals surface area contributed by atoms with Crippen molar-refractivity contribution < 1.29 is 9.90 Å². The lowest BCUT2D eigenvalue weighted by atomic mass is 10.1. The van der Waals surface area contributed by atoms with Gasteiger partial charge in [-0.3, -0.25) is 4.79 Å². The molecule has 1 aliphatic heterocycles. The zero-order valence-electron chi connectivity index (χ0n) is 9.10. The number of hydrogen-bond donors (Lipinski definition) is 2. The number of aliphatic hydroxyl groups is 1. The fourth-order valence-corrected chi connectivity index (χ4v) is 1.90. The number of benzene rings is 1. The van der Waals surface area contributed by atoms with Gasteiger partial charge in [0.1, 0.15) is 6.04 Å². The molecule has 0 spiro atoms. The van der Waals surface area contributed by atoms with Gasteiger partial charge >= 0.3 is 0 Å². The minimum absolute atomic E-state index is 0.0161. The first kappa shape index (κ1) is 11.1. The molecule has 86 valence electrons. The van der Waals surface area contributed by atoms with Gasteiger partial charge in [-0.25, -0.2) is 0 Å². The summed E-state index contributed by atoms with van der Waals surface area (Å²) >= 11 is 0. The van der Waals surface area contributed by atoms with Gasteiger partial charge in [0, 0.05) is 19.6 Å². The first-order valence-electron chi connectivity index (χ1n) is 5.48. The average Bonchev–Trinajstić information content (AvgIpc) is 2.33. The van der Waals surface area contributed by atoms with Gasteiger partial charge < -0.3 is 15.3 Å². The van der Waals surface area contributed by atoms with Crippen LogP contribution in [-0.4, -0.2) is 41.7 Å². The highest BCUT2D eigenvalue weighted by molar-refractivity contribution is 5.82. The number of hydrogen-bond acceptors (Lipinski definition) is 3. The monoisotopic (exact) mass is 220 g/mol. The van der Waals surface area contributed by atoms with E-state index in [1.54, 1.807) is 4.90 Å². The fraction of sp³-hybridized carbons (Fsp3) is 0.417. The second-order valence-electron chi connectivity index (χ2n) is 3.93. The quantitative estimate of drug-likeness (QED) is 0.752. The molecule has 4 nitrogen and oxygen atoms in total. The molecule has 4 heteroatoms. The lowest BCUT2D eigenvalue weighted by molar-refractivity contribution is -0.137. The molecule has 1 aromatic carbocycles. The van der Waals surface area contributed by atoms with E-state index in [1.807, 2.05) is 30.3 Å². The van der Waals surface area contributed by atoms with Gasteiger partial charge in [-0.15, -0.1) is 0 Å². The van der Waals surface area contributed by atoms with E-state index in [9.17, 15) is 4.79 Å². The van der Waals surface area contributed by atoms with Crippen LogP contribution in [0, 0.1) is 0 Å². The Morgan fingerprint density at radius 3 is 2.81 bits per heavy atom. The molecule has 0 aliphatic carbocycles. The van der Waals surface area contributed by atoms with Crippen LogP contribution in [0.2, 0.25) is 0 Å². The summed E-state index contributed by atoms with van der Waals surface area (Å²) in [6.07, 6.45) is 0. The molecule has 1 saturated heterocycles. The largest absolute Gasteiger partial charge is 0.394 e. The molecule has 1 aliphatic rings. The molecule has 1 amide bonds. The molecule has 0 radical (unpaired) electrons. The summed E-state index contributed by atoms with van der Waals surface area (Å²) in [5.41, 5.74) is 1.12. The van der Waals surface area contributed by atoms with E-state index in [4.69, 9.17) is 5.11 Å². The van der Waals surface area contributed by atoms with E-state index < -0.39 is 6.04 Å². The van der Waals surface area contributed by atoms with Crippen LogP contribution in [0.25, 0.3) is 0 Å². The molecule has 1 fully saturated rings. The maximum absolute atomic E-state index is 11.9. The number of aliphatic hydroxyl groups excluding tert-OH is 1. The van der Waals surface area contributed by atoms with E-state index >= 15 is 0 Å². The van der Waals surface area contributed by atoms with E-state index in [2.05, 4.69) is 5.32 Å². The molecule has 2 rings (SSSR count). The van der Waals surface area contributed by atoms with E-state index in [0.29, 0.717) is 13.1 Å². The van der Waals surface area contributed by atoms with Gasteiger partial charge in [0.15, 0.2) is 0 Å². The zero-order valence-corrected chi connectivity index (χ0v) is 9.10. The number of nitrogens with zero attached hydrogens (tertiary/aromatic N) is 1. The molecule has 0 aromatic heterocycles. The van der Waals surface area contributed by atoms with Crippen molar-refractivity contribution >= 4 is 5.91 Å². The topological polar surface area (TPSA) is 52.6 Å². The number of carbonyl (C=O) groups is 1. The lowest BCUT2D eigenvalue weighted by Gasteiger charge is -2.32. The smallest absolute Gasteiger partial charge is 0.242 e. The minimum Gasteiger partial charge on any atom is -0.394 e. The van der Waals surface area contributed by atoms with Crippen molar-refractivity contribution in [1.29, 1.82) is 0 Å². The SMILES string of the molecule is O=C1C(CO)NCCN1Cc1ccccc1. The van der Waals surface area contributed by atoms with Crippen LogP contribution in [0.4, 0.5) is 0 Å². The minimum atomic E-state index is -0.433. The maximum Gasteiger partial charge on any atom is 0.242 e. The molecular formula is C12H16N2O2. The summed E-state index contributed by atoms with van der Waals surface area (Å²) in [6.45, 7) is 1.93. The number of nitrogens with one attached hydrogen (secondary N) is 1. The van der Waals surface area contributed by atoms with Crippen molar-refractivity contribution in [1.82, 2.24) is 10.2 Å². The average molecular weight is 220 g/mol. The number of carbonyl (C=O) groups excluding carboxylic acids is 1. The van der Waals surface area contributed by atoms with Crippen molar-refractivity contribution in [3.8, 4) is 0 Å². The van der Waals surface area contributed by atoms with Crippen LogP contribution in [0.1, 0.15) is 5.56 Å². The van der Waals surface area contributed by atoms with Crippen molar-refractivity contribution in [2.24, 2.45) is 0 Å². The molecule has 2 N–H and O–H groups in total. The predicted octanol–water partition coefficient (Wildman–Crippen LogP) is -0.0207. The van der Waals surface area contributed by atoms with E-state index in [-0.39, 0.29) is 12.5 Å². The van der Waals surface area contributed by atoms with Crippen molar-refractivity contribution in [3.63, 3.8) is 0 Å². The van der Waals surface area contributed by atoms with Gasteiger partial charge in [0.25, 0.3) is 0 Å². The maximum atomic E-state index is 11.9. The Morgan fingerprint density at radius 2 is 2.12 bits per heavy atom. The van der Waals surface area contributed by atoms with E-state index in [1.165, 1.54) is 0 Å². The second-order valence-corrected chi connectivity index (χ2v) is 3.93. The van der Waals surface area contributed by atoms with Crippen LogP contribution in [0.15, 0.2) is 30.3 Å². The number of rotatable bonds is 3. The van der Waals surface area contributed by atoms with Crippen LogP contribution in [-0.2, 0) is 11.3 Å². The highest BCUT2D eigenvalue weighted by atomic mass is 16.3. The number of piperazine rings is 1. The van der Waals surface area contributed by atoms with Crippen molar-refractivity contribution in [3.05, 3.63) is 35.9 Å². The first-order chi connectivity index (χ1) is 7.81. The van der Waals surface area contributed by atoms with Gasteiger partial charge in [0.05, 0.1) is 6.61 Å². The second kappa shape index (κ2) is 5.09. The molecule has 0 bridgehead atoms. The Morgan fingerprint density at radius 1 is 1.38 bits per heavy atom. The highest BCUT2D eigenvalue weighted by Crippen LogP contribution is 2.08. The molecule has 1 aromatic rings. The lowest BCUT2D eigenvalue weighted by Crippen LogP contribution is -2.56. The number of amides is 1. The summed E-state index contributed by atoms with van der Waals surface area (Å²) < 4.78 is 0. The normalized spacial score (nSPS) is 21.2. The van der Waals surface area contributed by atoms with E-state index in [0.717, 1.165) is 12.1 Å². The molecule has 1 heterocycles. The molecule has 1 unspecified atom stereocenters. The Hall–Kier alpha value is -1.39. The Kier molecular flexibility index (Phi) is 3.54. The van der Waals surface area contributed by atoms with Gasteiger partial charge in [0.2, 0.25) is 5.91 Å². The first-order valence-corrected chi connectivity index (χ1v) is 5.48.